The SMILES string of the molecule is CCOC(=O)COc1ccc(Cl)cc1/C=c1\sc2n(c1=O)[C@H](c1ccccc1)C(C(=O)OCC)=C(c1ccccc1)N=2. The molecule has 0 amide bonds. The highest BCUT2D eigenvalue weighted by Crippen LogP contribution is 2.35. The van der Waals surface area contributed by atoms with Crippen LogP contribution in [0, 0.1) is 0 Å². The van der Waals surface area contributed by atoms with Gasteiger partial charge in [-0.1, -0.05) is 83.6 Å². The van der Waals surface area contributed by atoms with Gasteiger partial charge in [-0.05, 0) is 43.7 Å². The molecule has 214 valence electrons. The number of carbonyl (C=O) groups excluding carboxylic acids is 2. The zero-order valence-corrected chi connectivity index (χ0v) is 24.5. The number of carbonyl (C=O) groups is 2. The Hall–Kier alpha value is -4.47. The number of hydrogen-bond donors (Lipinski definition) is 0. The van der Waals surface area contributed by atoms with Crippen LogP contribution < -0.4 is 19.6 Å². The topological polar surface area (TPSA) is 96.2 Å². The molecule has 1 aliphatic heterocycles. The predicted octanol–water partition coefficient (Wildman–Crippen LogP) is 4.53. The molecular formula is C32H27ClN2O6S. The van der Waals surface area contributed by atoms with E-state index in [1.54, 1.807) is 38.1 Å². The number of rotatable bonds is 9. The van der Waals surface area contributed by atoms with Crippen molar-refractivity contribution in [3.63, 3.8) is 0 Å². The number of nitrogens with zero attached hydrogens (tertiary/aromatic N) is 2. The molecule has 0 spiro atoms. The fourth-order valence-corrected chi connectivity index (χ4v) is 5.81. The maximum atomic E-state index is 14.1. The largest absolute Gasteiger partial charge is 0.481 e. The van der Waals surface area contributed by atoms with E-state index in [0.29, 0.717) is 31.4 Å². The molecule has 1 aliphatic rings. The Bertz CT molecular complexity index is 1830. The van der Waals surface area contributed by atoms with Crippen LogP contribution in [0.15, 0.2) is 94.2 Å². The standard InChI is InChI=1S/C32H27ClN2O6S/c1-3-39-26(36)19-41-24-16-15-23(33)17-22(24)18-25-30(37)35-29(21-13-9-6-10-14-21)27(31(38)40-4-2)28(34-32(35)42-25)20-11-7-5-8-12-20/h5-18,29H,3-4,19H2,1-2H3/b25-18-/t29-/m1/s1. The first kappa shape index (κ1) is 29.0. The average Bonchev–Trinajstić information content (AvgIpc) is 3.31. The maximum absolute atomic E-state index is 14.1. The summed E-state index contributed by atoms with van der Waals surface area (Å²) in [5, 5.41) is 0.427. The smallest absolute Gasteiger partial charge is 0.344 e. The van der Waals surface area contributed by atoms with Crippen LogP contribution in [0.25, 0.3) is 11.8 Å². The van der Waals surface area contributed by atoms with Crippen molar-refractivity contribution in [2.24, 2.45) is 4.99 Å². The van der Waals surface area contributed by atoms with Crippen molar-refractivity contribution in [3.05, 3.63) is 126 Å². The number of thiazole rings is 1. The average molecular weight is 603 g/mol. The summed E-state index contributed by atoms with van der Waals surface area (Å²) in [4.78, 5) is 44.8. The number of aromatic nitrogens is 1. The van der Waals surface area contributed by atoms with Gasteiger partial charge in [0.2, 0.25) is 0 Å². The van der Waals surface area contributed by atoms with E-state index in [-0.39, 0.29) is 31.0 Å². The third kappa shape index (κ3) is 6.07. The third-order valence-corrected chi connectivity index (χ3v) is 7.62. The zero-order valence-electron chi connectivity index (χ0n) is 22.9. The van der Waals surface area contributed by atoms with Gasteiger partial charge in [-0.3, -0.25) is 9.36 Å². The van der Waals surface area contributed by atoms with E-state index in [1.807, 2.05) is 60.7 Å². The summed E-state index contributed by atoms with van der Waals surface area (Å²) in [5.41, 5.74) is 2.33. The minimum absolute atomic E-state index is 0.166. The van der Waals surface area contributed by atoms with Gasteiger partial charge in [0.05, 0.1) is 35.1 Å². The molecule has 0 bridgehead atoms. The van der Waals surface area contributed by atoms with Crippen LogP contribution in [0.1, 0.15) is 36.6 Å². The van der Waals surface area contributed by atoms with Gasteiger partial charge < -0.3 is 14.2 Å². The molecular weight excluding hydrogens is 576 g/mol. The lowest BCUT2D eigenvalue weighted by Gasteiger charge is -2.25. The summed E-state index contributed by atoms with van der Waals surface area (Å²) in [6.07, 6.45) is 1.65. The summed E-state index contributed by atoms with van der Waals surface area (Å²) in [7, 11) is 0. The van der Waals surface area contributed by atoms with Gasteiger partial charge in [-0.15, -0.1) is 0 Å². The monoisotopic (exact) mass is 602 g/mol. The van der Waals surface area contributed by atoms with Crippen molar-refractivity contribution < 1.29 is 23.8 Å². The summed E-state index contributed by atoms with van der Waals surface area (Å²) < 4.78 is 18.0. The van der Waals surface area contributed by atoms with Crippen molar-refractivity contribution in [2.45, 2.75) is 19.9 Å². The summed E-state index contributed by atoms with van der Waals surface area (Å²) in [6.45, 7) is 3.55. The summed E-state index contributed by atoms with van der Waals surface area (Å²) in [6, 6.07) is 22.8. The van der Waals surface area contributed by atoms with Crippen LogP contribution in [0.2, 0.25) is 5.02 Å². The van der Waals surface area contributed by atoms with Gasteiger partial charge in [-0.2, -0.15) is 0 Å². The highest BCUT2D eigenvalue weighted by Gasteiger charge is 2.35. The fourth-order valence-electron chi connectivity index (χ4n) is 4.64. The fraction of sp³-hybridized carbons (Fsp3) is 0.188. The molecule has 3 aromatic carbocycles. The van der Waals surface area contributed by atoms with E-state index in [1.165, 1.54) is 15.9 Å². The van der Waals surface area contributed by atoms with E-state index >= 15 is 0 Å². The number of hydrogen-bond acceptors (Lipinski definition) is 8. The van der Waals surface area contributed by atoms with E-state index in [0.717, 1.165) is 11.1 Å². The number of benzene rings is 3. The molecule has 0 aliphatic carbocycles. The van der Waals surface area contributed by atoms with Gasteiger partial charge >= 0.3 is 11.9 Å². The van der Waals surface area contributed by atoms with Gasteiger partial charge in [0.1, 0.15) is 5.75 Å². The van der Waals surface area contributed by atoms with Gasteiger partial charge in [-0.25, -0.2) is 14.6 Å². The molecule has 0 N–H and O–H groups in total. The third-order valence-electron chi connectivity index (χ3n) is 6.40. The van der Waals surface area contributed by atoms with E-state index in [2.05, 4.69) is 0 Å². The Labute approximate surface area is 250 Å². The number of halogens is 1. The number of esters is 2. The Morgan fingerprint density at radius 2 is 1.67 bits per heavy atom. The lowest BCUT2D eigenvalue weighted by molar-refractivity contribution is -0.145. The first-order valence-electron chi connectivity index (χ1n) is 13.3. The van der Waals surface area contributed by atoms with Gasteiger partial charge in [0.25, 0.3) is 5.56 Å². The lowest BCUT2D eigenvalue weighted by atomic mass is 9.93. The zero-order chi connectivity index (χ0) is 29.6. The van der Waals surface area contributed by atoms with Crippen molar-refractivity contribution in [1.82, 2.24) is 4.57 Å². The Morgan fingerprint density at radius 1 is 0.976 bits per heavy atom. The highest BCUT2D eigenvalue weighted by atomic mass is 35.5. The minimum atomic E-state index is -0.780. The van der Waals surface area contributed by atoms with Gasteiger partial charge in [0, 0.05) is 16.1 Å². The summed E-state index contributed by atoms with van der Waals surface area (Å²) in [5.74, 6) is -0.705. The second kappa shape index (κ2) is 13.0. The Kier molecular flexibility index (Phi) is 9.00. The van der Waals surface area contributed by atoms with Crippen LogP contribution >= 0.6 is 22.9 Å². The first-order chi connectivity index (χ1) is 20.4. The van der Waals surface area contributed by atoms with Crippen LogP contribution in [0.5, 0.6) is 5.75 Å². The van der Waals surface area contributed by atoms with Crippen LogP contribution in [-0.2, 0) is 19.1 Å². The molecule has 8 nitrogen and oxygen atoms in total. The number of fused-ring (bicyclic) bond motifs is 1. The van der Waals surface area contributed by atoms with Gasteiger partial charge in [0.15, 0.2) is 11.4 Å². The van der Waals surface area contributed by atoms with E-state index in [9.17, 15) is 14.4 Å². The lowest BCUT2D eigenvalue weighted by Crippen LogP contribution is -2.40. The molecule has 2 heterocycles. The van der Waals surface area contributed by atoms with Crippen LogP contribution in [0.4, 0.5) is 0 Å². The molecule has 1 aromatic heterocycles. The Morgan fingerprint density at radius 3 is 2.36 bits per heavy atom. The minimum Gasteiger partial charge on any atom is -0.481 e. The van der Waals surface area contributed by atoms with Crippen molar-refractivity contribution in [2.75, 3.05) is 19.8 Å². The second-order valence-electron chi connectivity index (χ2n) is 9.12. The van der Waals surface area contributed by atoms with Crippen molar-refractivity contribution in [1.29, 1.82) is 0 Å². The first-order valence-corrected chi connectivity index (χ1v) is 14.5. The molecule has 42 heavy (non-hydrogen) atoms. The molecule has 4 aromatic rings. The Balaban J connectivity index is 1.73. The highest BCUT2D eigenvalue weighted by molar-refractivity contribution is 7.07. The molecule has 0 fully saturated rings. The van der Waals surface area contributed by atoms with Crippen LogP contribution in [-0.4, -0.2) is 36.3 Å². The molecule has 0 saturated carbocycles. The molecule has 0 unspecified atom stereocenters. The molecule has 5 rings (SSSR count). The molecule has 10 heteroatoms. The van der Waals surface area contributed by atoms with Crippen molar-refractivity contribution >= 4 is 46.6 Å². The maximum Gasteiger partial charge on any atom is 0.344 e. The quantitative estimate of drug-likeness (QED) is 0.261. The molecule has 0 radical (unpaired) electrons. The normalized spacial score (nSPS) is 14.6. The predicted molar refractivity (Wildman–Crippen MR) is 161 cm³/mol. The van der Waals surface area contributed by atoms with E-state index < -0.39 is 18.0 Å². The molecule has 0 saturated heterocycles. The number of ether oxygens (including phenoxy) is 3. The summed E-state index contributed by atoms with van der Waals surface area (Å²) >= 11 is 7.47. The second-order valence-corrected chi connectivity index (χ2v) is 10.6. The van der Waals surface area contributed by atoms with Crippen molar-refractivity contribution in [3.8, 4) is 5.75 Å². The molecule has 1 atom stereocenters. The van der Waals surface area contributed by atoms with Crippen LogP contribution in [0.3, 0.4) is 0 Å². The van der Waals surface area contributed by atoms with E-state index in [4.69, 9.17) is 30.8 Å².